The van der Waals surface area contributed by atoms with Gasteiger partial charge in [0.2, 0.25) is 0 Å². The number of nitrogens with zero attached hydrogens (tertiary/aromatic N) is 1. The van der Waals surface area contributed by atoms with Crippen molar-refractivity contribution in [1.82, 2.24) is 10.2 Å². The molecule has 0 atom stereocenters. The Morgan fingerprint density at radius 2 is 1.79 bits per heavy atom. The van der Waals surface area contributed by atoms with E-state index in [0.717, 1.165) is 32.2 Å². The standard InChI is InChI=1S/C15H31N3O/c1-4-15(5-2,12-16)18(6-3)14(19)17-13-10-8-7-9-11-13/h13H,4-12,16H2,1-3H3,(H,17,19). The van der Waals surface area contributed by atoms with Gasteiger partial charge in [-0.1, -0.05) is 33.1 Å². The molecule has 1 rings (SSSR count). The molecule has 1 saturated carbocycles. The Morgan fingerprint density at radius 1 is 1.21 bits per heavy atom. The van der Waals surface area contributed by atoms with Crippen molar-refractivity contribution in [3.63, 3.8) is 0 Å². The Kier molecular flexibility index (Phi) is 6.63. The maximum absolute atomic E-state index is 12.5. The van der Waals surface area contributed by atoms with Crippen molar-refractivity contribution in [2.24, 2.45) is 5.73 Å². The highest BCUT2D eigenvalue weighted by Crippen LogP contribution is 2.24. The SMILES string of the molecule is CCN(C(=O)NC1CCCCC1)C(CC)(CC)CN. The predicted octanol–water partition coefficient (Wildman–Crippen LogP) is 2.87. The summed E-state index contributed by atoms with van der Waals surface area (Å²) < 4.78 is 0. The van der Waals surface area contributed by atoms with E-state index in [4.69, 9.17) is 5.73 Å². The molecule has 0 aromatic carbocycles. The summed E-state index contributed by atoms with van der Waals surface area (Å²) in [7, 11) is 0. The normalized spacial score (nSPS) is 17.3. The molecule has 0 spiro atoms. The molecule has 0 aliphatic heterocycles. The summed E-state index contributed by atoms with van der Waals surface area (Å²) >= 11 is 0. The van der Waals surface area contributed by atoms with Crippen molar-refractivity contribution in [3.8, 4) is 0 Å². The molecule has 4 heteroatoms. The van der Waals surface area contributed by atoms with Gasteiger partial charge in [0.15, 0.2) is 0 Å². The molecular weight excluding hydrogens is 238 g/mol. The van der Waals surface area contributed by atoms with Gasteiger partial charge in [-0.15, -0.1) is 0 Å². The van der Waals surface area contributed by atoms with Gasteiger partial charge in [0.1, 0.15) is 0 Å². The zero-order valence-corrected chi connectivity index (χ0v) is 12.9. The number of likely N-dealkylation sites (N-methyl/N-ethyl adjacent to an activating group) is 1. The van der Waals surface area contributed by atoms with Crippen LogP contribution in [0.25, 0.3) is 0 Å². The Balaban J connectivity index is 2.68. The summed E-state index contributed by atoms with van der Waals surface area (Å²) in [6.07, 6.45) is 7.84. The van der Waals surface area contributed by atoms with Crippen molar-refractivity contribution >= 4 is 6.03 Å². The quantitative estimate of drug-likeness (QED) is 0.779. The Labute approximate surface area is 118 Å². The van der Waals surface area contributed by atoms with Gasteiger partial charge in [0.25, 0.3) is 0 Å². The number of nitrogens with one attached hydrogen (secondary N) is 1. The highest BCUT2D eigenvalue weighted by atomic mass is 16.2. The fourth-order valence-corrected chi connectivity index (χ4v) is 3.22. The van der Waals surface area contributed by atoms with Gasteiger partial charge in [-0.2, -0.15) is 0 Å². The molecular formula is C15H31N3O. The van der Waals surface area contributed by atoms with Gasteiger partial charge in [0.05, 0.1) is 5.54 Å². The van der Waals surface area contributed by atoms with Gasteiger partial charge in [-0.05, 0) is 32.6 Å². The highest BCUT2D eigenvalue weighted by Gasteiger charge is 2.35. The van der Waals surface area contributed by atoms with Crippen LogP contribution in [0, 0.1) is 0 Å². The Hall–Kier alpha value is -0.770. The topological polar surface area (TPSA) is 58.4 Å². The van der Waals surface area contributed by atoms with Crippen LogP contribution in [-0.2, 0) is 0 Å². The van der Waals surface area contributed by atoms with E-state index >= 15 is 0 Å². The van der Waals surface area contributed by atoms with Crippen LogP contribution in [0.3, 0.4) is 0 Å². The van der Waals surface area contributed by atoms with Gasteiger partial charge in [-0.3, -0.25) is 0 Å². The van der Waals surface area contributed by atoms with Crippen LogP contribution in [0.1, 0.15) is 65.7 Å². The summed E-state index contributed by atoms with van der Waals surface area (Å²) in [5.41, 5.74) is 5.77. The van der Waals surface area contributed by atoms with E-state index in [1.165, 1.54) is 19.3 Å². The van der Waals surface area contributed by atoms with Gasteiger partial charge in [-0.25, -0.2) is 4.79 Å². The minimum atomic E-state index is -0.187. The molecule has 4 nitrogen and oxygen atoms in total. The summed E-state index contributed by atoms with van der Waals surface area (Å²) in [4.78, 5) is 14.5. The van der Waals surface area contributed by atoms with Crippen molar-refractivity contribution in [3.05, 3.63) is 0 Å². The lowest BCUT2D eigenvalue weighted by Gasteiger charge is -2.42. The molecule has 1 aliphatic rings. The van der Waals surface area contributed by atoms with Crippen molar-refractivity contribution in [2.75, 3.05) is 13.1 Å². The first-order chi connectivity index (χ1) is 9.13. The van der Waals surface area contributed by atoms with Crippen LogP contribution >= 0.6 is 0 Å². The van der Waals surface area contributed by atoms with E-state index in [9.17, 15) is 4.79 Å². The van der Waals surface area contributed by atoms with E-state index in [1.807, 2.05) is 11.8 Å². The molecule has 112 valence electrons. The molecule has 0 radical (unpaired) electrons. The Morgan fingerprint density at radius 3 is 2.21 bits per heavy atom. The maximum Gasteiger partial charge on any atom is 0.318 e. The van der Waals surface area contributed by atoms with Gasteiger partial charge >= 0.3 is 6.03 Å². The second kappa shape index (κ2) is 7.73. The van der Waals surface area contributed by atoms with Gasteiger partial charge in [0, 0.05) is 19.1 Å². The smallest absolute Gasteiger partial charge is 0.318 e. The van der Waals surface area contributed by atoms with Crippen molar-refractivity contribution in [2.45, 2.75) is 77.3 Å². The van der Waals surface area contributed by atoms with Crippen LogP contribution in [0.15, 0.2) is 0 Å². The molecule has 0 saturated heterocycles. The number of nitrogens with two attached hydrogens (primary N) is 1. The second-order valence-electron chi connectivity index (χ2n) is 5.66. The van der Waals surface area contributed by atoms with Gasteiger partial charge < -0.3 is 16.0 Å². The number of hydrogen-bond donors (Lipinski definition) is 2. The second-order valence-corrected chi connectivity index (χ2v) is 5.66. The zero-order valence-electron chi connectivity index (χ0n) is 12.9. The molecule has 0 aromatic heterocycles. The fourth-order valence-electron chi connectivity index (χ4n) is 3.22. The minimum Gasteiger partial charge on any atom is -0.335 e. The molecule has 1 aliphatic carbocycles. The fraction of sp³-hybridized carbons (Fsp3) is 0.933. The molecule has 0 unspecified atom stereocenters. The first-order valence-electron chi connectivity index (χ1n) is 7.91. The first-order valence-corrected chi connectivity index (χ1v) is 7.91. The average molecular weight is 269 g/mol. The van der Waals surface area contributed by atoms with Crippen LogP contribution in [0.2, 0.25) is 0 Å². The monoisotopic (exact) mass is 269 g/mol. The summed E-state index contributed by atoms with van der Waals surface area (Å²) in [6.45, 7) is 7.53. The number of urea groups is 1. The third-order valence-electron chi connectivity index (χ3n) is 4.76. The highest BCUT2D eigenvalue weighted by molar-refractivity contribution is 5.75. The number of hydrogen-bond acceptors (Lipinski definition) is 2. The Bertz CT molecular complexity index is 262. The van der Waals surface area contributed by atoms with E-state index in [0.29, 0.717) is 12.6 Å². The summed E-state index contributed by atoms with van der Waals surface area (Å²) in [5.74, 6) is 0. The number of amides is 2. The third kappa shape index (κ3) is 3.85. The third-order valence-corrected chi connectivity index (χ3v) is 4.76. The minimum absolute atomic E-state index is 0.0727. The lowest BCUT2D eigenvalue weighted by atomic mass is 9.90. The zero-order chi connectivity index (χ0) is 14.3. The van der Waals surface area contributed by atoms with Crippen molar-refractivity contribution in [1.29, 1.82) is 0 Å². The van der Waals surface area contributed by atoms with Crippen LogP contribution in [0.4, 0.5) is 4.79 Å². The number of rotatable bonds is 6. The summed E-state index contributed by atoms with van der Waals surface area (Å²) in [6, 6.07) is 0.433. The summed E-state index contributed by atoms with van der Waals surface area (Å²) in [5, 5.41) is 3.21. The average Bonchev–Trinajstić information content (AvgIpc) is 2.45. The van der Waals surface area contributed by atoms with Crippen LogP contribution < -0.4 is 11.1 Å². The number of carbonyl (C=O) groups is 1. The van der Waals surface area contributed by atoms with E-state index in [1.54, 1.807) is 0 Å². The molecule has 3 N–H and O–H groups in total. The molecule has 2 amide bonds. The largest absolute Gasteiger partial charge is 0.335 e. The molecule has 0 heterocycles. The van der Waals surface area contributed by atoms with E-state index in [2.05, 4.69) is 19.2 Å². The molecule has 1 fully saturated rings. The van der Waals surface area contributed by atoms with E-state index < -0.39 is 0 Å². The van der Waals surface area contributed by atoms with E-state index in [-0.39, 0.29) is 11.6 Å². The lowest BCUT2D eigenvalue weighted by Crippen LogP contribution is -2.59. The molecule has 0 aromatic rings. The number of carbonyl (C=O) groups excluding carboxylic acids is 1. The van der Waals surface area contributed by atoms with Crippen LogP contribution in [-0.4, -0.2) is 35.6 Å². The molecule has 0 bridgehead atoms. The maximum atomic E-state index is 12.5. The van der Waals surface area contributed by atoms with Crippen LogP contribution in [0.5, 0.6) is 0 Å². The first kappa shape index (κ1) is 16.3. The lowest BCUT2D eigenvalue weighted by molar-refractivity contribution is 0.109. The molecule has 19 heavy (non-hydrogen) atoms. The predicted molar refractivity (Wildman–Crippen MR) is 80.2 cm³/mol. The van der Waals surface area contributed by atoms with Crippen molar-refractivity contribution < 1.29 is 4.79 Å².